The van der Waals surface area contributed by atoms with Crippen LogP contribution in [0.25, 0.3) is 22.7 Å². The Bertz CT molecular complexity index is 1190. The predicted octanol–water partition coefficient (Wildman–Crippen LogP) is 1.80. The van der Waals surface area contributed by atoms with Crippen molar-refractivity contribution in [3.05, 3.63) is 32.2 Å². The monoisotopic (exact) mass is 487 g/mol. The van der Waals surface area contributed by atoms with Gasteiger partial charge in [0.15, 0.2) is 5.65 Å². The Balaban J connectivity index is 1.68. The zero-order valence-corrected chi connectivity index (χ0v) is 18.0. The summed E-state index contributed by atoms with van der Waals surface area (Å²) in [5, 5.41) is 7.92. The Labute approximate surface area is 176 Å². The van der Waals surface area contributed by atoms with Crippen LogP contribution < -0.4 is 21.2 Å². The van der Waals surface area contributed by atoms with Gasteiger partial charge in [0, 0.05) is 18.7 Å². The summed E-state index contributed by atoms with van der Waals surface area (Å²) in [6.45, 7) is 4.95. The Hall–Kier alpha value is -2.23. The fourth-order valence-electron chi connectivity index (χ4n) is 4.20. The second kappa shape index (κ2) is 6.98. The van der Waals surface area contributed by atoms with Crippen LogP contribution in [0.3, 0.4) is 0 Å². The summed E-state index contributed by atoms with van der Waals surface area (Å²) in [5.41, 5.74) is 9.40. The number of hydrogen-bond acceptors (Lipinski definition) is 6. The average molecular weight is 487 g/mol. The van der Waals surface area contributed by atoms with E-state index in [1.807, 2.05) is 4.68 Å². The molecule has 2 N–H and O–H groups in total. The quantitative estimate of drug-likeness (QED) is 0.568. The normalized spacial score (nSPS) is 16.5. The molecule has 0 spiro atoms. The fourth-order valence-corrected chi connectivity index (χ4v) is 4.98. The lowest BCUT2D eigenvalue weighted by Gasteiger charge is -2.21. The molecular formula is C20H22IN7. The first-order valence-corrected chi connectivity index (χ1v) is 10.8. The maximum atomic E-state index is 6.06. The summed E-state index contributed by atoms with van der Waals surface area (Å²) in [6, 6.07) is 2.30. The molecule has 0 radical (unpaired) electrons. The Morgan fingerprint density at radius 3 is 2.86 bits per heavy atom. The minimum Gasteiger partial charge on any atom is -0.383 e. The summed E-state index contributed by atoms with van der Waals surface area (Å²) in [7, 11) is 0. The molecule has 0 unspecified atom stereocenters. The van der Waals surface area contributed by atoms with Crippen molar-refractivity contribution in [2.24, 2.45) is 0 Å². The van der Waals surface area contributed by atoms with Gasteiger partial charge in [-0.15, -0.1) is 0 Å². The highest BCUT2D eigenvalue weighted by Gasteiger charge is 2.21. The standard InChI is InChI=1S/C20H22IN7/c1-12-5-4-6-13-9-14(19(25-16(12)13)27-7-2-3-8-27)10-28-20-15(17(21)26-28)18(22)23-11-24-20/h6,9,11H,2-5,7-8,10H2,1H3,(H2,22,23,24). The number of aromatic nitrogens is 5. The molecule has 28 heavy (non-hydrogen) atoms. The van der Waals surface area contributed by atoms with E-state index < -0.39 is 0 Å². The highest BCUT2D eigenvalue weighted by Crippen LogP contribution is 2.26. The number of hydrogen-bond donors (Lipinski definition) is 1. The Kier molecular flexibility index (Phi) is 4.45. The number of nitrogens with zero attached hydrogens (tertiary/aromatic N) is 6. The topological polar surface area (TPSA) is 85.8 Å². The number of fused-ring (bicyclic) bond motifs is 2. The van der Waals surface area contributed by atoms with Gasteiger partial charge >= 0.3 is 0 Å². The number of pyridine rings is 1. The molecule has 3 aromatic heterocycles. The van der Waals surface area contributed by atoms with Crippen LogP contribution in [0.15, 0.2) is 12.4 Å². The molecule has 0 atom stereocenters. The fraction of sp³-hybridized carbons (Fsp3) is 0.400. The summed E-state index contributed by atoms with van der Waals surface area (Å²) in [4.78, 5) is 16.1. The van der Waals surface area contributed by atoms with Gasteiger partial charge in [-0.2, -0.15) is 5.10 Å². The zero-order chi connectivity index (χ0) is 19.3. The third-order valence-corrected chi connectivity index (χ3v) is 6.39. The van der Waals surface area contributed by atoms with E-state index in [0.29, 0.717) is 12.4 Å². The third-order valence-electron chi connectivity index (χ3n) is 5.64. The number of nitrogens with two attached hydrogens (primary N) is 1. The summed E-state index contributed by atoms with van der Waals surface area (Å²) >= 11 is 2.20. The molecule has 7 nitrogen and oxygen atoms in total. The van der Waals surface area contributed by atoms with E-state index in [4.69, 9.17) is 15.8 Å². The molecular weight excluding hydrogens is 465 g/mol. The van der Waals surface area contributed by atoms with Gasteiger partial charge in [0.1, 0.15) is 21.7 Å². The second-order valence-electron chi connectivity index (χ2n) is 7.53. The molecule has 0 aromatic carbocycles. The van der Waals surface area contributed by atoms with Gasteiger partial charge in [-0.3, -0.25) is 0 Å². The third kappa shape index (κ3) is 2.94. The van der Waals surface area contributed by atoms with Crippen LogP contribution in [0.5, 0.6) is 0 Å². The van der Waals surface area contributed by atoms with Gasteiger partial charge < -0.3 is 10.6 Å². The lowest BCUT2D eigenvalue weighted by Crippen LogP contribution is -2.36. The smallest absolute Gasteiger partial charge is 0.164 e. The van der Waals surface area contributed by atoms with Gasteiger partial charge in [-0.05, 0) is 72.1 Å². The molecule has 1 aliphatic heterocycles. The van der Waals surface area contributed by atoms with Crippen LogP contribution in [-0.2, 0) is 6.54 Å². The van der Waals surface area contributed by atoms with E-state index in [-0.39, 0.29) is 0 Å². The van der Waals surface area contributed by atoms with E-state index in [0.717, 1.165) is 51.8 Å². The lowest BCUT2D eigenvalue weighted by molar-refractivity contribution is 0.691. The van der Waals surface area contributed by atoms with Crippen LogP contribution in [0.2, 0.25) is 0 Å². The van der Waals surface area contributed by atoms with Gasteiger partial charge in [0.05, 0.1) is 17.3 Å². The SMILES string of the molecule is CC1=c2nc(N3CCCC3)c(Cn3nc(I)c4c(N)ncnc43)cc2=CCC1. The first-order valence-electron chi connectivity index (χ1n) is 9.69. The minimum atomic E-state index is 0.475. The number of halogens is 1. The van der Waals surface area contributed by atoms with E-state index >= 15 is 0 Å². The van der Waals surface area contributed by atoms with Crippen LogP contribution in [0.1, 0.15) is 38.2 Å². The molecule has 1 fully saturated rings. The molecule has 0 amide bonds. The van der Waals surface area contributed by atoms with Crippen molar-refractivity contribution in [1.82, 2.24) is 24.7 Å². The van der Waals surface area contributed by atoms with E-state index in [9.17, 15) is 0 Å². The maximum absolute atomic E-state index is 6.06. The van der Waals surface area contributed by atoms with Crippen LogP contribution in [0.4, 0.5) is 11.6 Å². The van der Waals surface area contributed by atoms with Crippen molar-refractivity contribution in [2.45, 2.75) is 39.2 Å². The lowest BCUT2D eigenvalue weighted by atomic mass is 10.0. The highest BCUT2D eigenvalue weighted by atomic mass is 127. The Morgan fingerprint density at radius 1 is 1.21 bits per heavy atom. The molecule has 144 valence electrons. The van der Waals surface area contributed by atoms with E-state index in [2.05, 4.69) is 56.5 Å². The average Bonchev–Trinajstić information content (AvgIpc) is 3.31. The predicted molar refractivity (Wildman–Crippen MR) is 119 cm³/mol. The van der Waals surface area contributed by atoms with Crippen molar-refractivity contribution >= 4 is 56.9 Å². The van der Waals surface area contributed by atoms with Crippen LogP contribution >= 0.6 is 22.6 Å². The molecule has 4 heterocycles. The largest absolute Gasteiger partial charge is 0.383 e. The molecule has 1 saturated heterocycles. The van der Waals surface area contributed by atoms with Crippen molar-refractivity contribution in [2.75, 3.05) is 23.7 Å². The number of rotatable bonds is 3. The molecule has 5 rings (SSSR count). The zero-order valence-electron chi connectivity index (χ0n) is 15.8. The van der Waals surface area contributed by atoms with Crippen molar-refractivity contribution in [3.8, 4) is 0 Å². The summed E-state index contributed by atoms with van der Waals surface area (Å²) < 4.78 is 2.76. The van der Waals surface area contributed by atoms with Crippen molar-refractivity contribution in [1.29, 1.82) is 0 Å². The maximum Gasteiger partial charge on any atom is 0.164 e. The number of anilines is 2. The summed E-state index contributed by atoms with van der Waals surface area (Å²) in [6.07, 6.45) is 8.42. The van der Waals surface area contributed by atoms with Gasteiger partial charge in [-0.25, -0.2) is 19.6 Å². The summed E-state index contributed by atoms with van der Waals surface area (Å²) in [5.74, 6) is 1.56. The molecule has 0 bridgehead atoms. The van der Waals surface area contributed by atoms with E-state index in [1.54, 1.807) is 0 Å². The molecule has 2 aliphatic rings. The molecule has 0 saturated carbocycles. The van der Waals surface area contributed by atoms with Crippen LogP contribution in [-0.4, -0.2) is 37.8 Å². The first-order chi connectivity index (χ1) is 13.6. The van der Waals surface area contributed by atoms with E-state index in [1.165, 1.54) is 35.5 Å². The van der Waals surface area contributed by atoms with Gasteiger partial charge in [0.2, 0.25) is 0 Å². The number of nitrogen functional groups attached to an aromatic ring is 1. The molecule has 3 aromatic rings. The molecule has 1 aliphatic carbocycles. The minimum absolute atomic E-state index is 0.475. The second-order valence-corrected chi connectivity index (χ2v) is 8.55. The highest BCUT2D eigenvalue weighted by molar-refractivity contribution is 14.1. The first kappa shape index (κ1) is 17.8. The Morgan fingerprint density at radius 2 is 2.04 bits per heavy atom. The molecule has 8 heteroatoms. The van der Waals surface area contributed by atoms with Crippen LogP contribution in [0, 0.1) is 3.70 Å². The van der Waals surface area contributed by atoms with Gasteiger partial charge in [-0.1, -0.05) is 6.08 Å². The van der Waals surface area contributed by atoms with Crippen molar-refractivity contribution in [3.63, 3.8) is 0 Å². The van der Waals surface area contributed by atoms with Gasteiger partial charge in [0.25, 0.3) is 0 Å². The van der Waals surface area contributed by atoms with Crippen molar-refractivity contribution < 1.29 is 0 Å².